The maximum atomic E-state index is 11.8. The highest BCUT2D eigenvalue weighted by Crippen LogP contribution is 2.00. The summed E-state index contributed by atoms with van der Waals surface area (Å²) < 4.78 is 1.93. The molecule has 0 saturated heterocycles. The molecule has 0 aliphatic carbocycles. The standard InChI is InChI=1S/C10H6N4OS/c15-9-8(5-7-1-3-11-4-2-7)16-10-12-6-13-14(9)10/h1-6H. The highest BCUT2D eigenvalue weighted by Gasteiger charge is 2.04. The lowest BCUT2D eigenvalue weighted by Gasteiger charge is -1.86. The molecule has 0 bridgehead atoms. The Hall–Kier alpha value is -2.08. The largest absolute Gasteiger partial charge is 0.291 e. The van der Waals surface area contributed by atoms with Gasteiger partial charge in [-0.1, -0.05) is 11.3 Å². The van der Waals surface area contributed by atoms with Crippen molar-refractivity contribution in [3.63, 3.8) is 0 Å². The van der Waals surface area contributed by atoms with Crippen LogP contribution in [0.25, 0.3) is 11.0 Å². The quantitative estimate of drug-likeness (QED) is 0.594. The van der Waals surface area contributed by atoms with Gasteiger partial charge in [-0.15, -0.1) is 0 Å². The van der Waals surface area contributed by atoms with E-state index < -0.39 is 0 Å². The normalized spacial score (nSPS) is 12.4. The molecular weight excluding hydrogens is 224 g/mol. The van der Waals surface area contributed by atoms with Crippen LogP contribution in [0.1, 0.15) is 5.56 Å². The van der Waals surface area contributed by atoms with E-state index in [1.54, 1.807) is 12.4 Å². The average Bonchev–Trinajstić information content (AvgIpc) is 2.86. The van der Waals surface area contributed by atoms with Crippen molar-refractivity contribution in [2.75, 3.05) is 0 Å². The minimum atomic E-state index is -0.130. The average molecular weight is 230 g/mol. The lowest BCUT2D eigenvalue weighted by atomic mass is 10.2. The first-order chi connectivity index (χ1) is 7.84. The molecule has 3 heterocycles. The van der Waals surface area contributed by atoms with E-state index in [4.69, 9.17) is 0 Å². The summed E-state index contributed by atoms with van der Waals surface area (Å²) in [4.78, 5) is 20.3. The molecule has 0 amide bonds. The van der Waals surface area contributed by atoms with Crippen molar-refractivity contribution >= 4 is 22.4 Å². The zero-order valence-electron chi connectivity index (χ0n) is 8.07. The molecule has 5 nitrogen and oxygen atoms in total. The van der Waals surface area contributed by atoms with E-state index in [1.165, 1.54) is 22.2 Å². The molecule has 3 rings (SSSR count). The molecule has 78 valence electrons. The van der Waals surface area contributed by atoms with Crippen molar-refractivity contribution in [3.8, 4) is 0 Å². The van der Waals surface area contributed by atoms with E-state index >= 15 is 0 Å². The van der Waals surface area contributed by atoms with Gasteiger partial charge < -0.3 is 0 Å². The minimum Gasteiger partial charge on any atom is -0.266 e. The lowest BCUT2D eigenvalue weighted by molar-refractivity contribution is 0.932. The predicted molar refractivity (Wildman–Crippen MR) is 60.2 cm³/mol. The van der Waals surface area contributed by atoms with Gasteiger partial charge in [0.2, 0.25) is 4.96 Å². The number of nitrogens with zero attached hydrogens (tertiary/aromatic N) is 4. The third-order valence-electron chi connectivity index (χ3n) is 2.12. The molecule has 0 aliphatic heterocycles. The second-order valence-corrected chi connectivity index (χ2v) is 4.16. The molecule has 6 heteroatoms. The molecule has 0 fully saturated rings. The smallest absolute Gasteiger partial charge is 0.266 e. The minimum absolute atomic E-state index is 0.130. The van der Waals surface area contributed by atoms with Gasteiger partial charge in [-0.25, -0.2) is 4.98 Å². The number of hydrogen-bond acceptors (Lipinski definition) is 5. The number of fused-ring (bicyclic) bond motifs is 1. The van der Waals surface area contributed by atoms with Gasteiger partial charge in [0, 0.05) is 12.4 Å². The molecule has 3 aromatic heterocycles. The fourth-order valence-corrected chi connectivity index (χ4v) is 2.27. The zero-order chi connectivity index (χ0) is 11.0. The van der Waals surface area contributed by atoms with Crippen molar-refractivity contribution in [1.29, 1.82) is 0 Å². The molecule has 0 spiro atoms. The van der Waals surface area contributed by atoms with Gasteiger partial charge in [0.15, 0.2) is 0 Å². The first-order valence-electron chi connectivity index (χ1n) is 4.59. The summed E-state index contributed by atoms with van der Waals surface area (Å²) >= 11 is 1.33. The maximum absolute atomic E-state index is 11.8. The molecule has 0 saturated carbocycles. The predicted octanol–water partition coefficient (Wildman–Crippen LogP) is 0.0937. The first-order valence-corrected chi connectivity index (χ1v) is 5.40. The van der Waals surface area contributed by atoms with Crippen LogP contribution >= 0.6 is 11.3 Å². The highest BCUT2D eigenvalue weighted by molar-refractivity contribution is 7.15. The van der Waals surface area contributed by atoms with Crippen LogP contribution in [-0.2, 0) is 0 Å². The SMILES string of the molecule is O=c1c(=Cc2ccncc2)sc2ncnn12. The fraction of sp³-hybridized carbons (Fsp3) is 0. The van der Waals surface area contributed by atoms with Gasteiger partial charge in [0.05, 0.1) is 4.53 Å². The number of rotatable bonds is 1. The molecule has 0 N–H and O–H groups in total. The molecule has 16 heavy (non-hydrogen) atoms. The van der Waals surface area contributed by atoms with E-state index in [1.807, 2.05) is 18.2 Å². The summed E-state index contributed by atoms with van der Waals surface area (Å²) in [5.74, 6) is 0. The Kier molecular flexibility index (Phi) is 2.00. The topological polar surface area (TPSA) is 60.2 Å². The third-order valence-corrected chi connectivity index (χ3v) is 3.10. The van der Waals surface area contributed by atoms with Crippen LogP contribution in [0.3, 0.4) is 0 Å². The van der Waals surface area contributed by atoms with Crippen LogP contribution in [0.5, 0.6) is 0 Å². The van der Waals surface area contributed by atoms with E-state index in [0.29, 0.717) is 9.49 Å². The number of thiazole rings is 1. The number of hydrogen-bond donors (Lipinski definition) is 0. The monoisotopic (exact) mass is 230 g/mol. The van der Waals surface area contributed by atoms with E-state index in [2.05, 4.69) is 15.1 Å². The van der Waals surface area contributed by atoms with Crippen LogP contribution < -0.4 is 10.1 Å². The number of pyridine rings is 1. The fourth-order valence-electron chi connectivity index (χ4n) is 1.39. The van der Waals surface area contributed by atoms with Gasteiger partial charge in [0.25, 0.3) is 5.56 Å². The summed E-state index contributed by atoms with van der Waals surface area (Å²) in [7, 11) is 0. The van der Waals surface area contributed by atoms with E-state index in [9.17, 15) is 4.79 Å². The van der Waals surface area contributed by atoms with Gasteiger partial charge >= 0.3 is 0 Å². The van der Waals surface area contributed by atoms with Crippen LogP contribution in [0.4, 0.5) is 0 Å². The highest BCUT2D eigenvalue weighted by atomic mass is 32.1. The summed E-state index contributed by atoms with van der Waals surface area (Å²) in [5.41, 5.74) is 0.811. The molecular formula is C10H6N4OS. The molecule has 0 atom stereocenters. The van der Waals surface area contributed by atoms with E-state index in [0.717, 1.165) is 5.56 Å². The van der Waals surface area contributed by atoms with E-state index in [-0.39, 0.29) is 5.56 Å². The molecule has 0 unspecified atom stereocenters. The zero-order valence-corrected chi connectivity index (χ0v) is 8.89. The third kappa shape index (κ3) is 1.40. The van der Waals surface area contributed by atoms with Crippen LogP contribution in [0, 0.1) is 0 Å². The Morgan fingerprint density at radius 2 is 2.12 bits per heavy atom. The Labute approximate surface area is 93.7 Å². The lowest BCUT2D eigenvalue weighted by Crippen LogP contribution is -2.23. The first kappa shape index (κ1) is 9.17. The van der Waals surface area contributed by atoms with Crippen molar-refractivity contribution in [1.82, 2.24) is 19.6 Å². The van der Waals surface area contributed by atoms with Crippen LogP contribution in [0.2, 0.25) is 0 Å². The van der Waals surface area contributed by atoms with Crippen LogP contribution in [0.15, 0.2) is 35.6 Å². The van der Waals surface area contributed by atoms with Gasteiger partial charge in [0.1, 0.15) is 6.33 Å². The molecule has 0 radical (unpaired) electrons. The Morgan fingerprint density at radius 1 is 1.31 bits per heavy atom. The molecule has 3 aromatic rings. The van der Waals surface area contributed by atoms with Gasteiger partial charge in [-0.2, -0.15) is 9.61 Å². The number of aromatic nitrogens is 4. The van der Waals surface area contributed by atoms with Crippen molar-refractivity contribution in [2.45, 2.75) is 0 Å². The van der Waals surface area contributed by atoms with Gasteiger partial charge in [-0.3, -0.25) is 9.78 Å². The van der Waals surface area contributed by atoms with Crippen LogP contribution in [-0.4, -0.2) is 19.6 Å². The van der Waals surface area contributed by atoms with Gasteiger partial charge in [-0.05, 0) is 23.8 Å². The van der Waals surface area contributed by atoms with Crippen molar-refractivity contribution in [3.05, 3.63) is 51.3 Å². The summed E-state index contributed by atoms with van der Waals surface area (Å²) in [6.45, 7) is 0. The molecule has 0 aromatic carbocycles. The Morgan fingerprint density at radius 3 is 2.88 bits per heavy atom. The summed E-state index contributed by atoms with van der Waals surface area (Å²) in [6.07, 6.45) is 6.56. The Balaban J connectivity index is 2.27. The second-order valence-electron chi connectivity index (χ2n) is 3.15. The maximum Gasteiger partial charge on any atom is 0.291 e. The van der Waals surface area contributed by atoms with Crippen molar-refractivity contribution < 1.29 is 0 Å². The molecule has 0 aliphatic rings. The second kappa shape index (κ2) is 3.49. The Bertz CT molecular complexity index is 731. The summed E-state index contributed by atoms with van der Waals surface area (Å²) in [5, 5.41) is 3.85. The summed E-state index contributed by atoms with van der Waals surface area (Å²) in [6, 6.07) is 3.69. The van der Waals surface area contributed by atoms with Crippen molar-refractivity contribution in [2.24, 2.45) is 0 Å².